The van der Waals surface area contributed by atoms with Crippen molar-refractivity contribution in [2.24, 2.45) is 7.05 Å². The number of aryl methyl sites for hydroxylation is 1. The summed E-state index contributed by atoms with van der Waals surface area (Å²) in [5.41, 5.74) is -0.314. The van der Waals surface area contributed by atoms with Gasteiger partial charge in [0, 0.05) is 32.3 Å². The third-order valence-corrected chi connectivity index (χ3v) is 5.55. The van der Waals surface area contributed by atoms with Gasteiger partial charge in [0.25, 0.3) is 11.5 Å². The molecule has 0 bridgehead atoms. The van der Waals surface area contributed by atoms with E-state index in [-0.39, 0.29) is 17.4 Å². The van der Waals surface area contributed by atoms with E-state index in [4.69, 9.17) is 0 Å². The molecule has 0 aliphatic carbocycles. The average molecular weight is 370 g/mol. The first-order chi connectivity index (χ1) is 12.6. The number of hydrogen-bond acceptors (Lipinski definition) is 6. The Hall–Kier alpha value is -2.81. The molecule has 4 heterocycles. The summed E-state index contributed by atoms with van der Waals surface area (Å²) in [7, 11) is 1.92. The summed E-state index contributed by atoms with van der Waals surface area (Å²) in [6.45, 7) is 1.17. The highest BCUT2D eigenvalue weighted by atomic mass is 32.1. The summed E-state index contributed by atoms with van der Waals surface area (Å²) in [6, 6.07) is 3.77. The van der Waals surface area contributed by atoms with Crippen molar-refractivity contribution < 1.29 is 4.79 Å². The molecule has 0 atom stereocenters. The van der Waals surface area contributed by atoms with Gasteiger partial charge in [0.05, 0.1) is 4.88 Å². The lowest BCUT2D eigenvalue weighted by molar-refractivity contribution is 0.0708. The summed E-state index contributed by atoms with van der Waals surface area (Å²) in [6.07, 6.45) is 4.67. The predicted octanol–water partition coefficient (Wildman–Crippen LogP) is 1.65. The van der Waals surface area contributed by atoms with Gasteiger partial charge in [-0.2, -0.15) is 0 Å². The minimum atomic E-state index is -0.399. The number of carbonyl (C=O) groups excluding carboxylic acids is 1. The van der Waals surface area contributed by atoms with E-state index in [2.05, 4.69) is 20.2 Å². The van der Waals surface area contributed by atoms with Crippen molar-refractivity contribution in [2.75, 3.05) is 13.1 Å². The summed E-state index contributed by atoms with van der Waals surface area (Å²) in [4.78, 5) is 34.6. The Morgan fingerprint density at radius 1 is 1.35 bits per heavy atom. The van der Waals surface area contributed by atoms with Gasteiger partial charge < -0.3 is 14.5 Å². The lowest BCUT2D eigenvalue weighted by Crippen LogP contribution is -2.40. The van der Waals surface area contributed by atoms with Crippen molar-refractivity contribution in [2.45, 2.75) is 18.8 Å². The molecule has 26 heavy (non-hydrogen) atoms. The molecular weight excluding hydrogens is 352 g/mol. The fourth-order valence-corrected chi connectivity index (χ4v) is 3.93. The molecule has 1 aliphatic rings. The standard InChI is InChI=1S/C17H18N6O2S/c1-22-10-19-21-15(22)11-4-6-23(7-5-11)17(25)12-9-18-14(20-16(12)24)13-3-2-8-26-13/h2-3,8-11H,4-7H2,1H3,(H,18,20,24). The molecule has 0 spiro atoms. The SMILES string of the molecule is Cn1cnnc1C1CCN(C(=O)c2cnc(-c3cccs3)[nH]c2=O)CC1. The molecule has 1 fully saturated rings. The van der Waals surface area contributed by atoms with Crippen molar-refractivity contribution in [3.05, 3.63) is 51.8 Å². The first kappa shape index (κ1) is 16.6. The molecule has 1 N–H and O–H groups in total. The van der Waals surface area contributed by atoms with E-state index >= 15 is 0 Å². The molecule has 9 heteroatoms. The monoisotopic (exact) mass is 370 g/mol. The van der Waals surface area contributed by atoms with E-state index < -0.39 is 5.56 Å². The Kier molecular flexibility index (Phi) is 4.37. The average Bonchev–Trinajstić information content (AvgIpc) is 3.33. The first-order valence-electron chi connectivity index (χ1n) is 8.40. The zero-order valence-corrected chi connectivity index (χ0v) is 15.1. The predicted molar refractivity (Wildman–Crippen MR) is 97.1 cm³/mol. The highest BCUT2D eigenvalue weighted by molar-refractivity contribution is 7.13. The van der Waals surface area contributed by atoms with Crippen LogP contribution in [0.15, 0.2) is 34.8 Å². The van der Waals surface area contributed by atoms with E-state index in [9.17, 15) is 9.59 Å². The number of aromatic nitrogens is 5. The lowest BCUT2D eigenvalue weighted by Gasteiger charge is -2.31. The summed E-state index contributed by atoms with van der Waals surface area (Å²) in [5, 5.41) is 9.99. The van der Waals surface area contributed by atoms with Crippen molar-refractivity contribution in [3.8, 4) is 10.7 Å². The Morgan fingerprint density at radius 2 is 2.15 bits per heavy atom. The fourth-order valence-electron chi connectivity index (χ4n) is 3.26. The summed E-state index contributed by atoms with van der Waals surface area (Å²) in [5.74, 6) is 1.44. The van der Waals surface area contributed by atoms with E-state index in [1.807, 2.05) is 29.1 Å². The number of nitrogens with zero attached hydrogens (tertiary/aromatic N) is 5. The van der Waals surface area contributed by atoms with Crippen LogP contribution in [0.3, 0.4) is 0 Å². The molecule has 3 aromatic rings. The van der Waals surface area contributed by atoms with Crippen LogP contribution in [0, 0.1) is 0 Å². The van der Waals surface area contributed by atoms with Gasteiger partial charge in [0.15, 0.2) is 0 Å². The fraction of sp³-hybridized carbons (Fsp3) is 0.353. The van der Waals surface area contributed by atoms with Gasteiger partial charge in [-0.1, -0.05) is 6.07 Å². The molecule has 0 saturated carbocycles. The van der Waals surface area contributed by atoms with Crippen LogP contribution in [0.2, 0.25) is 0 Å². The van der Waals surface area contributed by atoms with Crippen LogP contribution in [0.5, 0.6) is 0 Å². The van der Waals surface area contributed by atoms with Crippen molar-refractivity contribution >= 4 is 17.2 Å². The van der Waals surface area contributed by atoms with E-state index in [1.54, 1.807) is 11.2 Å². The third-order valence-electron chi connectivity index (χ3n) is 4.68. The normalized spacial score (nSPS) is 15.3. The second-order valence-corrected chi connectivity index (χ2v) is 7.27. The molecule has 1 aliphatic heterocycles. The molecule has 3 aromatic heterocycles. The molecule has 4 rings (SSSR count). The number of carbonyl (C=O) groups is 1. The molecule has 1 amide bonds. The number of nitrogens with one attached hydrogen (secondary N) is 1. The smallest absolute Gasteiger partial charge is 0.264 e. The largest absolute Gasteiger partial charge is 0.338 e. The van der Waals surface area contributed by atoms with Crippen LogP contribution in [0.25, 0.3) is 10.7 Å². The maximum atomic E-state index is 12.7. The number of amides is 1. The molecule has 134 valence electrons. The first-order valence-corrected chi connectivity index (χ1v) is 9.28. The minimum Gasteiger partial charge on any atom is -0.338 e. The van der Waals surface area contributed by atoms with Gasteiger partial charge in [-0.25, -0.2) is 4.98 Å². The van der Waals surface area contributed by atoms with E-state index in [0.29, 0.717) is 18.9 Å². The van der Waals surface area contributed by atoms with Gasteiger partial charge in [-0.3, -0.25) is 9.59 Å². The highest BCUT2D eigenvalue weighted by Gasteiger charge is 2.28. The second kappa shape index (κ2) is 6.83. The third kappa shape index (κ3) is 3.05. The topological polar surface area (TPSA) is 96.8 Å². The minimum absolute atomic E-state index is 0.0856. The number of hydrogen-bond donors (Lipinski definition) is 1. The number of rotatable bonds is 3. The zero-order chi connectivity index (χ0) is 18.1. The number of likely N-dealkylation sites (tertiary alicyclic amines) is 1. The van der Waals surface area contributed by atoms with Gasteiger partial charge in [-0.05, 0) is 24.3 Å². The Bertz CT molecular complexity index is 969. The van der Waals surface area contributed by atoms with Crippen LogP contribution >= 0.6 is 11.3 Å². The quantitative estimate of drug-likeness (QED) is 0.756. The van der Waals surface area contributed by atoms with E-state index in [0.717, 1.165) is 23.5 Å². The molecule has 8 nitrogen and oxygen atoms in total. The van der Waals surface area contributed by atoms with Gasteiger partial charge in [0.2, 0.25) is 0 Å². The second-order valence-electron chi connectivity index (χ2n) is 6.32. The Morgan fingerprint density at radius 3 is 2.77 bits per heavy atom. The molecule has 0 aromatic carbocycles. The van der Waals surface area contributed by atoms with Gasteiger partial charge in [-0.15, -0.1) is 21.5 Å². The number of H-pyrrole nitrogens is 1. The van der Waals surface area contributed by atoms with Crippen LogP contribution in [-0.4, -0.2) is 48.6 Å². The van der Waals surface area contributed by atoms with E-state index in [1.165, 1.54) is 17.5 Å². The van der Waals surface area contributed by atoms with Crippen molar-refractivity contribution in [3.63, 3.8) is 0 Å². The summed E-state index contributed by atoms with van der Waals surface area (Å²) < 4.78 is 1.92. The zero-order valence-electron chi connectivity index (χ0n) is 14.3. The highest BCUT2D eigenvalue weighted by Crippen LogP contribution is 2.26. The molecule has 0 radical (unpaired) electrons. The maximum absolute atomic E-state index is 12.7. The van der Waals surface area contributed by atoms with Crippen LogP contribution in [0.4, 0.5) is 0 Å². The van der Waals surface area contributed by atoms with Crippen molar-refractivity contribution in [1.82, 2.24) is 29.6 Å². The maximum Gasteiger partial charge on any atom is 0.264 e. The van der Waals surface area contributed by atoms with Gasteiger partial charge >= 0.3 is 0 Å². The Labute approximate surface area is 153 Å². The number of aromatic amines is 1. The molecular formula is C17H18N6O2S. The van der Waals surface area contributed by atoms with Crippen LogP contribution < -0.4 is 5.56 Å². The van der Waals surface area contributed by atoms with Crippen LogP contribution in [-0.2, 0) is 7.05 Å². The van der Waals surface area contributed by atoms with Crippen LogP contribution in [0.1, 0.15) is 34.9 Å². The number of thiophene rings is 1. The molecule has 1 saturated heterocycles. The lowest BCUT2D eigenvalue weighted by atomic mass is 9.95. The Balaban J connectivity index is 1.47. The molecule has 0 unspecified atom stereocenters. The number of piperidine rings is 1. The van der Waals surface area contributed by atoms with Gasteiger partial charge in [0.1, 0.15) is 23.5 Å². The van der Waals surface area contributed by atoms with Crippen molar-refractivity contribution in [1.29, 1.82) is 0 Å². The summed E-state index contributed by atoms with van der Waals surface area (Å²) >= 11 is 1.49.